The summed E-state index contributed by atoms with van der Waals surface area (Å²) in [5.41, 5.74) is 2.00. The fraction of sp³-hybridized carbons (Fsp3) is 0.500. The van der Waals surface area contributed by atoms with Gasteiger partial charge in [0.2, 0.25) is 11.7 Å². The van der Waals surface area contributed by atoms with Crippen LogP contribution in [0.4, 0.5) is 0 Å². The van der Waals surface area contributed by atoms with Gasteiger partial charge in [0.15, 0.2) is 0 Å². The van der Waals surface area contributed by atoms with Crippen LogP contribution >= 0.6 is 0 Å². The molecule has 1 aromatic carbocycles. The minimum atomic E-state index is -3.47. The third-order valence-electron chi connectivity index (χ3n) is 4.16. The van der Waals surface area contributed by atoms with Crippen molar-refractivity contribution in [2.24, 2.45) is 0 Å². The van der Waals surface area contributed by atoms with Crippen molar-refractivity contribution in [1.29, 1.82) is 0 Å². The van der Waals surface area contributed by atoms with Gasteiger partial charge in [0.1, 0.15) is 0 Å². The topological polar surface area (TPSA) is 79.5 Å². The van der Waals surface area contributed by atoms with Gasteiger partial charge in [0, 0.05) is 25.2 Å². The van der Waals surface area contributed by atoms with Crippen LogP contribution in [0.5, 0.6) is 0 Å². The molecule has 0 unspecified atom stereocenters. The summed E-state index contributed by atoms with van der Waals surface area (Å²) < 4.78 is 33.4. The molecule has 2 heterocycles. The Morgan fingerprint density at radius 1 is 1.21 bits per heavy atom. The number of aryl methyl sites for hydroxylation is 1. The summed E-state index contributed by atoms with van der Waals surface area (Å²) in [6, 6.07) is 7.79. The first-order chi connectivity index (χ1) is 11.5. The Labute approximate surface area is 142 Å². The fourth-order valence-electron chi connectivity index (χ4n) is 2.73. The zero-order valence-corrected chi connectivity index (χ0v) is 14.8. The number of benzene rings is 1. The summed E-state index contributed by atoms with van der Waals surface area (Å²) in [6.07, 6.45) is 1.82. The summed E-state index contributed by atoms with van der Waals surface area (Å²) in [5, 5.41) is 3.96. The van der Waals surface area contributed by atoms with Gasteiger partial charge in [0.25, 0.3) is 10.2 Å². The first kappa shape index (κ1) is 17.1. The molecule has 0 aliphatic carbocycles. The molecule has 0 amide bonds. The van der Waals surface area contributed by atoms with Gasteiger partial charge in [-0.1, -0.05) is 41.9 Å². The molecule has 1 aliphatic heterocycles. The van der Waals surface area contributed by atoms with Crippen LogP contribution in [0.25, 0.3) is 11.4 Å². The van der Waals surface area contributed by atoms with E-state index in [1.165, 1.54) is 8.61 Å². The van der Waals surface area contributed by atoms with Gasteiger partial charge in [-0.05, 0) is 19.8 Å². The van der Waals surface area contributed by atoms with E-state index in [0.29, 0.717) is 31.3 Å². The van der Waals surface area contributed by atoms with E-state index in [4.69, 9.17) is 4.52 Å². The largest absolute Gasteiger partial charge is 0.338 e. The van der Waals surface area contributed by atoms with Gasteiger partial charge < -0.3 is 4.52 Å². The van der Waals surface area contributed by atoms with Gasteiger partial charge in [-0.15, -0.1) is 0 Å². The molecule has 8 heteroatoms. The van der Waals surface area contributed by atoms with Gasteiger partial charge in [-0.2, -0.15) is 22.0 Å². The standard InChI is InChI=1S/C16H22N4O3S/c1-3-19(24(21,22)20-10-4-5-11-20)12-15-17-16(18-23-15)14-8-6-13(2)7-9-14/h6-9H,3-5,10-12H2,1-2H3. The van der Waals surface area contributed by atoms with E-state index in [1.807, 2.05) is 38.1 Å². The molecule has 0 saturated carbocycles. The maximum Gasteiger partial charge on any atom is 0.282 e. The Hall–Kier alpha value is -1.77. The predicted octanol–water partition coefficient (Wildman–Crippen LogP) is 2.21. The third-order valence-corrected chi connectivity index (χ3v) is 6.22. The van der Waals surface area contributed by atoms with Crippen LogP contribution in [0.15, 0.2) is 28.8 Å². The van der Waals surface area contributed by atoms with Crippen molar-refractivity contribution in [3.8, 4) is 11.4 Å². The van der Waals surface area contributed by atoms with E-state index in [9.17, 15) is 8.42 Å². The second kappa shape index (κ2) is 7.00. The second-order valence-electron chi connectivity index (χ2n) is 5.92. The number of hydrogen-bond donors (Lipinski definition) is 0. The van der Waals surface area contributed by atoms with Crippen molar-refractivity contribution in [3.63, 3.8) is 0 Å². The average Bonchev–Trinajstić information content (AvgIpc) is 3.25. The van der Waals surface area contributed by atoms with E-state index >= 15 is 0 Å². The van der Waals surface area contributed by atoms with E-state index in [1.54, 1.807) is 0 Å². The highest BCUT2D eigenvalue weighted by Gasteiger charge is 2.31. The molecular formula is C16H22N4O3S. The first-order valence-electron chi connectivity index (χ1n) is 8.15. The molecule has 0 spiro atoms. The van der Waals surface area contributed by atoms with Gasteiger partial charge >= 0.3 is 0 Å². The lowest BCUT2D eigenvalue weighted by atomic mass is 10.1. The Morgan fingerprint density at radius 2 is 1.88 bits per heavy atom. The van der Waals surface area contributed by atoms with E-state index < -0.39 is 10.2 Å². The molecule has 1 aliphatic rings. The summed E-state index contributed by atoms with van der Waals surface area (Å²) in [4.78, 5) is 4.34. The third kappa shape index (κ3) is 3.50. The maximum absolute atomic E-state index is 12.6. The summed E-state index contributed by atoms with van der Waals surface area (Å²) >= 11 is 0. The Morgan fingerprint density at radius 3 is 2.50 bits per heavy atom. The molecule has 3 rings (SSSR count). The quantitative estimate of drug-likeness (QED) is 0.798. The number of aromatic nitrogens is 2. The van der Waals surface area contributed by atoms with E-state index in [2.05, 4.69) is 10.1 Å². The normalized spacial score (nSPS) is 16.1. The molecule has 130 valence electrons. The van der Waals surface area contributed by atoms with Crippen LogP contribution in [0, 0.1) is 6.92 Å². The lowest BCUT2D eigenvalue weighted by Gasteiger charge is -2.24. The smallest absolute Gasteiger partial charge is 0.282 e. The van der Waals surface area contributed by atoms with Gasteiger partial charge in [0.05, 0.1) is 6.54 Å². The highest BCUT2D eigenvalue weighted by molar-refractivity contribution is 7.86. The van der Waals surface area contributed by atoms with Crippen LogP contribution in [-0.2, 0) is 16.8 Å². The molecule has 24 heavy (non-hydrogen) atoms. The number of nitrogens with zero attached hydrogens (tertiary/aromatic N) is 4. The summed E-state index contributed by atoms with van der Waals surface area (Å²) in [5.74, 6) is 0.773. The first-order valence-corrected chi connectivity index (χ1v) is 9.55. The lowest BCUT2D eigenvalue weighted by Crippen LogP contribution is -2.42. The molecule has 2 aromatic rings. The van der Waals surface area contributed by atoms with E-state index in [-0.39, 0.29) is 6.54 Å². The molecular weight excluding hydrogens is 328 g/mol. The van der Waals surface area contributed by atoms with Crippen molar-refractivity contribution in [3.05, 3.63) is 35.7 Å². The van der Waals surface area contributed by atoms with Crippen LogP contribution in [0.1, 0.15) is 31.2 Å². The van der Waals surface area contributed by atoms with Crippen molar-refractivity contribution in [2.75, 3.05) is 19.6 Å². The SMILES string of the molecule is CCN(Cc1nc(-c2ccc(C)cc2)no1)S(=O)(=O)N1CCCC1. The van der Waals surface area contributed by atoms with Crippen LogP contribution in [0.2, 0.25) is 0 Å². The van der Waals surface area contributed by atoms with Gasteiger partial charge in [-0.3, -0.25) is 0 Å². The minimum Gasteiger partial charge on any atom is -0.338 e. The highest BCUT2D eigenvalue weighted by atomic mass is 32.2. The second-order valence-corrected chi connectivity index (χ2v) is 7.85. The van der Waals surface area contributed by atoms with Gasteiger partial charge in [-0.25, -0.2) is 0 Å². The lowest BCUT2D eigenvalue weighted by molar-refractivity contribution is 0.305. The highest BCUT2D eigenvalue weighted by Crippen LogP contribution is 2.20. The van der Waals surface area contributed by atoms with Crippen LogP contribution in [-0.4, -0.2) is 46.8 Å². The molecule has 0 atom stereocenters. The Bertz CT molecular complexity index is 780. The molecule has 1 aromatic heterocycles. The molecule has 0 N–H and O–H groups in total. The number of rotatable bonds is 6. The maximum atomic E-state index is 12.6. The monoisotopic (exact) mass is 350 g/mol. The van der Waals surface area contributed by atoms with Crippen LogP contribution in [0.3, 0.4) is 0 Å². The van der Waals surface area contributed by atoms with Crippen molar-refractivity contribution < 1.29 is 12.9 Å². The minimum absolute atomic E-state index is 0.0915. The predicted molar refractivity (Wildman–Crippen MR) is 90.3 cm³/mol. The van der Waals surface area contributed by atoms with Crippen LogP contribution < -0.4 is 0 Å². The molecule has 1 fully saturated rings. The van der Waals surface area contributed by atoms with Crippen molar-refractivity contribution >= 4 is 10.2 Å². The molecule has 7 nitrogen and oxygen atoms in total. The Kier molecular flexibility index (Phi) is 4.98. The number of hydrogen-bond acceptors (Lipinski definition) is 5. The summed E-state index contributed by atoms with van der Waals surface area (Å²) in [6.45, 7) is 5.43. The molecule has 0 radical (unpaired) electrons. The van der Waals surface area contributed by atoms with Crippen molar-refractivity contribution in [2.45, 2.75) is 33.2 Å². The fourth-order valence-corrected chi connectivity index (χ4v) is 4.37. The van der Waals surface area contributed by atoms with E-state index in [0.717, 1.165) is 24.0 Å². The molecule has 1 saturated heterocycles. The Balaban J connectivity index is 1.76. The molecule has 0 bridgehead atoms. The zero-order chi connectivity index (χ0) is 17.2. The van der Waals surface area contributed by atoms with Crippen molar-refractivity contribution in [1.82, 2.24) is 18.8 Å². The zero-order valence-electron chi connectivity index (χ0n) is 14.0. The summed E-state index contributed by atoms with van der Waals surface area (Å²) in [7, 11) is -3.47. The average molecular weight is 350 g/mol.